The zero-order valence-electron chi connectivity index (χ0n) is 13.6. The first kappa shape index (κ1) is 17.0. The maximum atomic E-state index is 11.3. The second kappa shape index (κ2) is 6.94. The molecule has 0 bridgehead atoms. The Kier molecular flexibility index (Phi) is 4.71. The molecule has 0 saturated heterocycles. The van der Waals surface area contributed by atoms with Crippen molar-refractivity contribution in [3.8, 4) is 33.1 Å². The van der Waals surface area contributed by atoms with Crippen molar-refractivity contribution in [1.29, 1.82) is 5.26 Å². The first-order valence-electron chi connectivity index (χ1n) is 7.44. The summed E-state index contributed by atoms with van der Waals surface area (Å²) in [6, 6.07) is 15.5. The molecule has 0 unspecified atom stereocenters. The molecule has 25 heavy (non-hydrogen) atoms. The zero-order chi connectivity index (χ0) is 18.0. The molecule has 6 heteroatoms. The summed E-state index contributed by atoms with van der Waals surface area (Å²) in [5.41, 5.74) is 3.30. The van der Waals surface area contributed by atoms with Gasteiger partial charge in [0.1, 0.15) is 0 Å². The van der Waals surface area contributed by atoms with Gasteiger partial charge in [-0.05, 0) is 0 Å². The summed E-state index contributed by atoms with van der Waals surface area (Å²) in [4.78, 5) is 15.7. The Bertz CT molecular complexity index is 988. The van der Waals surface area contributed by atoms with Gasteiger partial charge in [0, 0.05) is 0 Å². The topological polar surface area (TPSA) is 83.2 Å². The van der Waals surface area contributed by atoms with Gasteiger partial charge in [0.05, 0.1) is 0 Å². The normalized spacial score (nSPS) is 10.3. The Morgan fingerprint density at radius 2 is 1.88 bits per heavy atom. The predicted molar refractivity (Wildman–Crippen MR) is 95.0 cm³/mol. The van der Waals surface area contributed by atoms with Gasteiger partial charge in [0.25, 0.3) is 0 Å². The third kappa shape index (κ3) is 3.08. The summed E-state index contributed by atoms with van der Waals surface area (Å²) < 4.78 is 6.50. The van der Waals surface area contributed by atoms with E-state index in [-0.39, 0.29) is 0 Å². The van der Waals surface area contributed by atoms with Crippen LogP contribution in [0.5, 0.6) is 5.75 Å². The number of hydrogen-bond acceptors (Lipinski definition) is 4. The summed E-state index contributed by atoms with van der Waals surface area (Å²) in [7, 11) is 1.51. The number of carboxylic acids is 1. The van der Waals surface area contributed by atoms with Crippen molar-refractivity contribution in [2.45, 2.75) is 6.92 Å². The molecule has 0 aliphatic rings. The average molecular weight is 397 g/mol. The number of nitriles is 1. The van der Waals surface area contributed by atoms with Crippen LogP contribution < -0.4 is 4.74 Å². The number of methoxy groups -OCH3 is 1. The van der Waals surface area contributed by atoms with Crippen molar-refractivity contribution < 1.29 is 14.6 Å². The van der Waals surface area contributed by atoms with E-state index in [2.05, 4.69) is 11.1 Å². The van der Waals surface area contributed by atoms with Gasteiger partial charge >= 0.3 is 151 Å². The second-order valence-electron chi connectivity index (χ2n) is 5.29. The number of aromatic carboxylic acids is 1. The third-order valence-electron chi connectivity index (χ3n) is 3.78. The van der Waals surface area contributed by atoms with Gasteiger partial charge in [-0.3, -0.25) is 0 Å². The number of nitrogens with zero attached hydrogens (tertiary/aromatic N) is 2. The standard InChI is InChI=1S/C19H14N2O3Se/c1-11-17(19(22)23)25-18(21-11)14-9-8-13(12-6-4-3-5-7-12)15(10-20)16(14)24-2/h3-9H,1-2H3,(H,22,23). The fourth-order valence-corrected chi connectivity index (χ4v) is 4.59. The number of carbonyl (C=O) groups is 1. The zero-order valence-corrected chi connectivity index (χ0v) is 15.3. The van der Waals surface area contributed by atoms with Crippen LogP contribution in [0.2, 0.25) is 0 Å². The van der Waals surface area contributed by atoms with Crippen LogP contribution in [-0.4, -0.2) is 37.7 Å². The summed E-state index contributed by atoms with van der Waals surface area (Å²) >= 11 is -0.426. The van der Waals surface area contributed by atoms with Gasteiger partial charge in [-0.15, -0.1) is 0 Å². The molecule has 0 radical (unpaired) electrons. The molecule has 3 aromatic rings. The van der Waals surface area contributed by atoms with E-state index in [1.165, 1.54) is 7.11 Å². The summed E-state index contributed by atoms with van der Waals surface area (Å²) in [5.74, 6) is -0.513. The van der Waals surface area contributed by atoms with E-state index in [1.807, 2.05) is 42.5 Å². The van der Waals surface area contributed by atoms with Crippen molar-refractivity contribution in [3.05, 3.63) is 58.2 Å². The van der Waals surface area contributed by atoms with Crippen LogP contribution in [0, 0.1) is 18.3 Å². The van der Waals surface area contributed by atoms with Gasteiger partial charge < -0.3 is 0 Å². The van der Waals surface area contributed by atoms with Crippen LogP contribution in [0.1, 0.15) is 20.5 Å². The van der Waals surface area contributed by atoms with Crippen LogP contribution in [0.25, 0.3) is 21.3 Å². The van der Waals surface area contributed by atoms with E-state index in [0.29, 0.717) is 31.6 Å². The molecule has 1 N–H and O–H groups in total. The van der Waals surface area contributed by atoms with E-state index in [9.17, 15) is 15.2 Å². The van der Waals surface area contributed by atoms with Crippen LogP contribution in [0.3, 0.4) is 0 Å². The van der Waals surface area contributed by atoms with Crippen LogP contribution in [0.4, 0.5) is 0 Å². The molecule has 1 heterocycles. The van der Waals surface area contributed by atoms with Crippen molar-refractivity contribution in [2.75, 3.05) is 7.11 Å². The minimum absolute atomic E-state index is 0.329. The quantitative estimate of drug-likeness (QED) is 0.683. The minimum atomic E-state index is -0.948. The maximum absolute atomic E-state index is 11.3. The molecule has 5 nitrogen and oxygen atoms in total. The molecular formula is C19H14N2O3Se. The predicted octanol–water partition coefficient (Wildman–Crippen LogP) is 3.36. The molecule has 124 valence electrons. The molecule has 0 aliphatic carbocycles. The fourth-order valence-electron chi connectivity index (χ4n) is 2.64. The Hall–Kier alpha value is -2.87. The van der Waals surface area contributed by atoms with Gasteiger partial charge in [-0.25, -0.2) is 0 Å². The number of hydrogen-bond donors (Lipinski definition) is 1. The summed E-state index contributed by atoms with van der Waals surface area (Å²) in [5, 5.41) is 19.0. The van der Waals surface area contributed by atoms with E-state index < -0.39 is 20.5 Å². The molecule has 3 rings (SSSR count). The number of carboxylic acid groups (broad SMARTS) is 1. The number of aryl methyl sites for hydroxylation is 1. The van der Waals surface area contributed by atoms with Crippen LogP contribution in [-0.2, 0) is 0 Å². The molecule has 0 atom stereocenters. The van der Waals surface area contributed by atoms with Gasteiger partial charge in [-0.2, -0.15) is 0 Å². The summed E-state index contributed by atoms with van der Waals surface area (Å²) in [6.07, 6.45) is 0. The summed E-state index contributed by atoms with van der Waals surface area (Å²) in [6.45, 7) is 1.69. The average Bonchev–Trinajstić information content (AvgIpc) is 3.02. The van der Waals surface area contributed by atoms with Gasteiger partial charge in [0.2, 0.25) is 0 Å². The molecule has 0 spiro atoms. The Labute approximate surface area is 150 Å². The van der Waals surface area contributed by atoms with E-state index in [4.69, 9.17) is 4.74 Å². The number of ether oxygens (including phenoxy) is 1. The van der Waals surface area contributed by atoms with Crippen molar-refractivity contribution in [2.24, 2.45) is 0 Å². The molecule has 1 aromatic heterocycles. The molecule has 2 aromatic carbocycles. The van der Waals surface area contributed by atoms with E-state index >= 15 is 0 Å². The molecule has 0 aliphatic heterocycles. The van der Waals surface area contributed by atoms with Gasteiger partial charge in [-0.1, -0.05) is 0 Å². The number of benzene rings is 2. The Balaban J connectivity index is 2.22. The molecular weight excluding hydrogens is 383 g/mol. The molecule has 0 fully saturated rings. The Morgan fingerprint density at radius 1 is 1.20 bits per heavy atom. The van der Waals surface area contributed by atoms with Crippen molar-refractivity contribution >= 4 is 20.5 Å². The van der Waals surface area contributed by atoms with Crippen LogP contribution >= 0.6 is 0 Å². The monoisotopic (exact) mass is 398 g/mol. The molecule has 0 saturated carbocycles. The number of aromatic nitrogens is 1. The second-order valence-corrected chi connectivity index (χ2v) is 7.38. The van der Waals surface area contributed by atoms with Gasteiger partial charge in [0.15, 0.2) is 0 Å². The van der Waals surface area contributed by atoms with E-state index in [1.54, 1.807) is 6.92 Å². The first-order chi connectivity index (χ1) is 12.1. The molecule has 0 amide bonds. The fraction of sp³-hybridized carbons (Fsp3) is 0.105. The van der Waals surface area contributed by atoms with Crippen molar-refractivity contribution in [1.82, 2.24) is 4.98 Å². The van der Waals surface area contributed by atoms with Crippen molar-refractivity contribution in [3.63, 3.8) is 0 Å². The SMILES string of the molecule is COc1c(-c2nc(C)c(C(=O)O)[se]2)ccc(-c2ccccc2)c1C#N. The number of rotatable bonds is 4. The first-order valence-corrected chi connectivity index (χ1v) is 9.15. The van der Waals surface area contributed by atoms with Crippen LogP contribution in [0.15, 0.2) is 42.5 Å². The Morgan fingerprint density at radius 3 is 2.44 bits per heavy atom. The third-order valence-corrected chi connectivity index (χ3v) is 6.25. The van der Waals surface area contributed by atoms with E-state index in [0.717, 1.165) is 11.1 Å².